The summed E-state index contributed by atoms with van der Waals surface area (Å²) in [6, 6.07) is 8.37. The van der Waals surface area contributed by atoms with Crippen LogP contribution in [0.15, 0.2) is 24.3 Å². The number of hydrogen-bond acceptors (Lipinski definition) is 3. The lowest BCUT2D eigenvalue weighted by molar-refractivity contribution is 0.0475. The van der Waals surface area contributed by atoms with Crippen LogP contribution in [0.4, 0.5) is 0 Å². The predicted molar refractivity (Wildman–Crippen MR) is 85.5 cm³/mol. The van der Waals surface area contributed by atoms with Crippen LogP contribution >= 0.6 is 0 Å². The molecule has 2 N–H and O–H groups in total. The smallest absolute Gasteiger partial charge is 0.118 e. The Hall–Kier alpha value is -1.39. The van der Waals surface area contributed by atoms with E-state index in [0.29, 0.717) is 6.54 Å². The van der Waals surface area contributed by atoms with Gasteiger partial charge in [0.2, 0.25) is 0 Å². The number of ether oxygens (including phenoxy) is 1. The Morgan fingerprint density at radius 1 is 1.24 bits per heavy atom. The van der Waals surface area contributed by atoms with Crippen LogP contribution in [-0.2, 0) is 15.7 Å². The number of hydrogen-bond donors (Lipinski definition) is 1. The fraction of sp³-hybridized carbons (Fsp3) is 0.588. The summed E-state index contributed by atoms with van der Waals surface area (Å²) in [5, 5.41) is 0. The van der Waals surface area contributed by atoms with E-state index in [2.05, 4.69) is 43.5 Å². The van der Waals surface area contributed by atoms with Gasteiger partial charge in [0.25, 0.3) is 0 Å². The zero-order valence-electron chi connectivity index (χ0n) is 13.2. The molecule has 0 unspecified atom stereocenters. The molecular formula is C17H25N3O. The van der Waals surface area contributed by atoms with Gasteiger partial charge >= 0.3 is 0 Å². The van der Waals surface area contributed by atoms with E-state index in [9.17, 15) is 0 Å². The molecule has 1 aliphatic rings. The van der Waals surface area contributed by atoms with E-state index in [-0.39, 0.29) is 11.0 Å². The van der Waals surface area contributed by atoms with Crippen molar-refractivity contribution in [3.05, 3.63) is 30.1 Å². The zero-order valence-corrected chi connectivity index (χ0v) is 13.2. The third kappa shape index (κ3) is 2.36. The minimum absolute atomic E-state index is 0.0219. The third-order valence-corrected chi connectivity index (χ3v) is 4.55. The van der Waals surface area contributed by atoms with E-state index in [0.717, 1.165) is 37.4 Å². The number of nitrogens with two attached hydrogens (primary N) is 1. The highest BCUT2D eigenvalue weighted by atomic mass is 16.5. The van der Waals surface area contributed by atoms with Gasteiger partial charge in [-0.25, -0.2) is 4.98 Å². The van der Waals surface area contributed by atoms with Crippen molar-refractivity contribution in [2.24, 2.45) is 5.73 Å². The van der Waals surface area contributed by atoms with Crippen molar-refractivity contribution in [2.45, 2.75) is 44.6 Å². The molecule has 0 radical (unpaired) electrons. The highest BCUT2D eigenvalue weighted by Gasteiger charge is 2.39. The molecule has 2 heterocycles. The average Bonchev–Trinajstić information content (AvgIpc) is 2.88. The Morgan fingerprint density at radius 2 is 1.90 bits per heavy atom. The van der Waals surface area contributed by atoms with Crippen LogP contribution < -0.4 is 5.73 Å². The molecule has 21 heavy (non-hydrogen) atoms. The largest absolute Gasteiger partial charge is 0.381 e. The lowest BCUT2D eigenvalue weighted by Gasteiger charge is -2.38. The molecule has 1 saturated heterocycles. The Balaban J connectivity index is 2.26. The van der Waals surface area contributed by atoms with Crippen molar-refractivity contribution in [2.75, 3.05) is 19.8 Å². The molecule has 2 aromatic rings. The molecule has 0 bridgehead atoms. The van der Waals surface area contributed by atoms with Crippen molar-refractivity contribution in [3.8, 4) is 0 Å². The minimum Gasteiger partial charge on any atom is -0.381 e. The van der Waals surface area contributed by atoms with Gasteiger partial charge in [0.1, 0.15) is 5.82 Å². The topological polar surface area (TPSA) is 53.1 Å². The van der Waals surface area contributed by atoms with Gasteiger partial charge < -0.3 is 15.0 Å². The van der Waals surface area contributed by atoms with Crippen molar-refractivity contribution >= 4 is 11.0 Å². The maximum atomic E-state index is 6.20. The van der Waals surface area contributed by atoms with Gasteiger partial charge in [0, 0.05) is 30.7 Å². The third-order valence-electron chi connectivity index (χ3n) is 4.55. The Bertz CT molecular complexity index is 633. The van der Waals surface area contributed by atoms with Crippen molar-refractivity contribution in [1.29, 1.82) is 0 Å². The lowest BCUT2D eigenvalue weighted by atomic mass is 9.79. The summed E-state index contributed by atoms with van der Waals surface area (Å²) < 4.78 is 7.93. The molecule has 0 spiro atoms. The number of benzene rings is 1. The van der Waals surface area contributed by atoms with Crippen molar-refractivity contribution in [1.82, 2.24) is 9.55 Å². The Kier molecular flexibility index (Phi) is 3.54. The number of rotatable bonds is 2. The lowest BCUT2D eigenvalue weighted by Crippen LogP contribution is -2.44. The molecule has 3 rings (SSSR count). The van der Waals surface area contributed by atoms with E-state index in [4.69, 9.17) is 15.5 Å². The van der Waals surface area contributed by atoms with Crippen LogP contribution in [0.3, 0.4) is 0 Å². The average molecular weight is 287 g/mol. The molecule has 4 heteroatoms. The second kappa shape index (κ2) is 5.11. The Morgan fingerprint density at radius 3 is 2.52 bits per heavy atom. The molecule has 0 aliphatic carbocycles. The van der Waals surface area contributed by atoms with Gasteiger partial charge in [-0.3, -0.25) is 0 Å². The molecule has 0 saturated carbocycles. The number of aromatic nitrogens is 2. The standard InChI is InChI=1S/C17H25N3O/c1-16(2,3)20-14-7-5-4-6-13(14)19-15(20)17(12-18)8-10-21-11-9-17/h4-7H,8-12,18H2,1-3H3. The van der Waals surface area contributed by atoms with Gasteiger partial charge in [0.05, 0.1) is 11.0 Å². The molecule has 0 amide bonds. The first-order valence-corrected chi connectivity index (χ1v) is 7.74. The Labute approximate surface area is 126 Å². The monoisotopic (exact) mass is 287 g/mol. The second-order valence-electron chi connectivity index (χ2n) is 7.03. The fourth-order valence-electron chi connectivity index (χ4n) is 3.34. The first kappa shape index (κ1) is 14.5. The van der Waals surface area contributed by atoms with Gasteiger partial charge in [-0.2, -0.15) is 0 Å². The summed E-state index contributed by atoms with van der Waals surface area (Å²) >= 11 is 0. The highest BCUT2D eigenvalue weighted by Crippen LogP contribution is 2.38. The molecule has 1 aliphatic heterocycles. The van der Waals surface area contributed by atoms with E-state index < -0.39 is 0 Å². The molecule has 0 atom stereocenters. The second-order valence-corrected chi connectivity index (χ2v) is 7.03. The quantitative estimate of drug-likeness (QED) is 0.924. The van der Waals surface area contributed by atoms with Crippen molar-refractivity contribution < 1.29 is 4.74 Å². The maximum absolute atomic E-state index is 6.20. The predicted octanol–water partition coefficient (Wildman–Crippen LogP) is 2.80. The summed E-state index contributed by atoms with van der Waals surface area (Å²) in [4.78, 5) is 4.97. The van der Waals surface area contributed by atoms with Crippen LogP contribution in [0.25, 0.3) is 11.0 Å². The van der Waals surface area contributed by atoms with Crippen LogP contribution in [0.2, 0.25) is 0 Å². The van der Waals surface area contributed by atoms with E-state index in [1.807, 2.05) is 6.07 Å². The molecule has 1 aromatic heterocycles. The number of nitrogens with zero attached hydrogens (tertiary/aromatic N) is 2. The van der Waals surface area contributed by atoms with E-state index in [1.165, 1.54) is 5.52 Å². The first-order valence-electron chi connectivity index (χ1n) is 7.74. The first-order chi connectivity index (χ1) is 9.98. The van der Waals surface area contributed by atoms with Crippen LogP contribution in [0.5, 0.6) is 0 Å². The number of para-hydroxylation sites is 2. The normalized spacial score (nSPS) is 19.0. The number of imidazole rings is 1. The van der Waals surface area contributed by atoms with Gasteiger partial charge in [-0.1, -0.05) is 12.1 Å². The molecular weight excluding hydrogens is 262 g/mol. The SMILES string of the molecule is CC(C)(C)n1c(C2(CN)CCOCC2)nc2ccccc21. The molecule has 114 valence electrons. The van der Waals surface area contributed by atoms with Gasteiger partial charge in [0.15, 0.2) is 0 Å². The van der Waals surface area contributed by atoms with Crippen LogP contribution in [0.1, 0.15) is 39.4 Å². The summed E-state index contributed by atoms with van der Waals surface area (Å²) in [5.41, 5.74) is 8.36. The number of fused-ring (bicyclic) bond motifs is 1. The molecule has 4 nitrogen and oxygen atoms in total. The van der Waals surface area contributed by atoms with E-state index >= 15 is 0 Å². The van der Waals surface area contributed by atoms with E-state index in [1.54, 1.807) is 0 Å². The summed E-state index contributed by atoms with van der Waals surface area (Å²) in [6.45, 7) is 8.85. The van der Waals surface area contributed by atoms with Gasteiger partial charge in [-0.05, 0) is 45.7 Å². The summed E-state index contributed by atoms with van der Waals surface area (Å²) in [5.74, 6) is 1.13. The highest BCUT2D eigenvalue weighted by molar-refractivity contribution is 5.76. The summed E-state index contributed by atoms with van der Waals surface area (Å²) in [6.07, 6.45) is 1.89. The fourth-order valence-corrected chi connectivity index (χ4v) is 3.34. The summed E-state index contributed by atoms with van der Waals surface area (Å²) in [7, 11) is 0. The molecule has 1 aromatic carbocycles. The maximum Gasteiger partial charge on any atom is 0.118 e. The van der Waals surface area contributed by atoms with Crippen molar-refractivity contribution in [3.63, 3.8) is 0 Å². The zero-order chi connectivity index (χ0) is 15.1. The van der Waals surface area contributed by atoms with Gasteiger partial charge in [-0.15, -0.1) is 0 Å². The molecule has 1 fully saturated rings. The van der Waals surface area contributed by atoms with Crippen LogP contribution in [-0.4, -0.2) is 29.3 Å². The van der Waals surface area contributed by atoms with Crippen LogP contribution in [0, 0.1) is 0 Å². The minimum atomic E-state index is -0.0649.